The normalized spacial score (nSPS) is 15.1. The quantitative estimate of drug-likeness (QED) is 0.739. The van der Waals surface area contributed by atoms with E-state index in [-0.39, 0.29) is 12.5 Å². The molecule has 3 N–H and O–H groups in total. The number of carbonyl (C=O) groups is 1. The zero-order valence-electron chi connectivity index (χ0n) is 9.84. The zero-order valence-corrected chi connectivity index (χ0v) is 9.84. The van der Waals surface area contributed by atoms with Crippen molar-refractivity contribution in [1.29, 1.82) is 0 Å². The summed E-state index contributed by atoms with van der Waals surface area (Å²) in [5.41, 5.74) is 4.67. The Labute approximate surface area is 94.5 Å². The molecule has 90 valence electrons. The van der Waals surface area contributed by atoms with Crippen molar-refractivity contribution in [2.75, 3.05) is 6.54 Å². The monoisotopic (exact) mass is 226 g/mol. The molecule has 0 aliphatic carbocycles. The molecule has 0 saturated heterocycles. The molecule has 1 aromatic rings. The lowest BCUT2D eigenvalue weighted by Crippen LogP contribution is -2.45. The van der Waals surface area contributed by atoms with Crippen LogP contribution in [0.25, 0.3) is 0 Å². The highest BCUT2D eigenvalue weighted by Gasteiger charge is 2.41. The molecule has 0 saturated carbocycles. The second kappa shape index (κ2) is 4.61. The van der Waals surface area contributed by atoms with Crippen molar-refractivity contribution in [3.63, 3.8) is 0 Å². The van der Waals surface area contributed by atoms with Gasteiger partial charge < -0.3 is 10.8 Å². The first-order chi connectivity index (χ1) is 7.44. The SMILES string of the molecule is CC(C)C(CN)(Cc1ncnn1C)C(=O)O. The maximum absolute atomic E-state index is 11.4. The Balaban J connectivity index is 3.04. The third kappa shape index (κ3) is 2.06. The molecule has 1 heterocycles. The molecule has 0 radical (unpaired) electrons. The number of hydrogen-bond acceptors (Lipinski definition) is 4. The van der Waals surface area contributed by atoms with E-state index >= 15 is 0 Å². The summed E-state index contributed by atoms with van der Waals surface area (Å²) in [6.45, 7) is 3.81. The van der Waals surface area contributed by atoms with Crippen LogP contribution in [-0.4, -0.2) is 32.4 Å². The number of aryl methyl sites for hydroxylation is 1. The number of carboxylic acids is 1. The van der Waals surface area contributed by atoms with Gasteiger partial charge in [-0.2, -0.15) is 5.10 Å². The molecular formula is C10H18N4O2. The molecule has 0 bridgehead atoms. The Hall–Kier alpha value is -1.43. The van der Waals surface area contributed by atoms with Gasteiger partial charge in [0.1, 0.15) is 12.2 Å². The van der Waals surface area contributed by atoms with Gasteiger partial charge in [-0.1, -0.05) is 13.8 Å². The summed E-state index contributed by atoms with van der Waals surface area (Å²) in [6, 6.07) is 0. The van der Waals surface area contributed by atoms with Crippen LogP contribution in [0.2, 0.25) is 0 Å². The number of aromatic nitrogens is 3. The third-order valence-corrected chi connectivity index (χ3v) is 3.17. The van der Waals surface area contributed by atoms with Gasteiger partial charge in [0.05, 0.1) is 5.41 Å². The summed E-state index contributed by atoms with van der Waals surface area (Å²) in [7, 11) is 1.74. The summed E-state index contributed by atoms with van der Waals surface area (Å²) < 4.78 is 1.58. The summed E-state index contributed by atoms with van der Waals surface area (Å²) >= 11 is 0. The van der Waals surface area contributed by atoms with E-state index in [4.69, 9.17) is 5.73 Å². The van der Waals surface area contributed by atoms with Crippen molar-refractivity contribution in [3.05, 3.63) is 12.2 Å². The van der Waals surface area contributed by atoms with E-state index in [1.807, 2.05) is 13.8 Å². The number of rotatable bonds is 5. The summed E-state index contributed by atoms with van der Waals surface area (Å²) in [5, 5.41) is 13.3. The number of aliphatic carboxylic acids is 1. The Kier molecular flexibility index (Phi) is 3.64. The van der Waals surface area contributed by atoms with Crippen molar-refractivity contribution < 1.29 is 9.90 Å². The standard InChI is InChI=1S/C10H18N4O2/c1-7(2)10(5-11,9(15)16)4-8-12-6-13-14(8)3/h6-7H,4-5,11H2,1-3H3,(H,15,16). The Morgan fingerprint density at radius 2 is 2.31 bits per heavy atom. The maximum atomic E-state index is 11.4. The first-order valence-electron chi connectivity index (χ1n) is 5.20. The molecule has 0 aliphatic rings. The first kappa shape index (κ1) is 12.6. The molecule has 0 aliphatic heterocycles. The highest BCUT2D eigenvalue weighted by molar-refractivity contribution is 5.75. The van der Waals surface area contributed by atoms with Crippen LogP contribution >= 0.6 is 0 Å². The smallest absolute Gasteiger partial charge is 0.311 e. The minimum absolute atomic E-state index is 0.0632. The third-order valence-electron chi connectivity index (χ3n) is 3.17. The van der Waals surface area contributed by atoms with Gasteiger partial charge >= 0.3 is 5.97 Å². The fraction of sp³-hybridized carbons (Fsp3) is 0.700. The summed E-state index contributed by atoms with van der Waals surface area (Å²) in [4.78, 5) is 15.4. The van der Waals surface area contributed by atoms with E-state index in [1.54, 1.807) is 11.7 Å². The Bertz CT molecular complexity index is 375. The molecule has 1 aromatic heterocycles. The molecular weight excluding hydrogens is 208 g/mol. The van der Waals surface area contributed by atoms with Gasteiger partial charge in [0.25, 0.3) is 0 Å². The minimum atomic E-state index is -0.971. The second-order valence-electron chi connectivity index (χ2n) is 4.30. The Morgan fingerprint density at radius 3 is 2.62 bits per heavy atom. The van der Waals surface area contributed by atoms with Gasteiger partial charge in [-0.3, -0.25) is 9.48 Å². The highest BCUT2D eigenvalue weighted by atomic mass is 16.4. The summed E-state index contributed by atoms with van der Waals surface area (Å²) in [5.74, 6) is -0.304. The Morgan fingerprint density at radius 1 is 1.69 bits per heavy atom. The van der Waals surface area contributed by atoms with Crippen LogP contribution in [-0.2, 0) is 18.3 Å². The van der Waals surface area contributed by atoms with Crippen LogP contribution in [0.5, 0.6) is 0 Å². The molecule has 6 nitrogen and oxygen atoms in total. The number of nitrogens with two attached hydrogens (primary N) is 1. The van der Waals surface area contributed by atoms with Crippen molar-refractivity contribution >= 4 is 5.97 Å². The van der Waals surface area contributed by atoms with Crippen LogP contribution < -0.4 is 5.73 Å². The average molecular weight is 226 g/mol. The molecule has 6 heteroatoms. The predicted molar refractivity (Wildman–Crippen MR) is 58.7 cm³/mol. The molecule has 1 rings (SSSR count). The topological polar surface area (TPSA) is 94.0 Å². The highest BCUT2D eigenvalue weighted by Crippen LogP contribution is 2.30. The van der Waals surface area contributed by atoms with E-state index < -0.39 is 11.4 Å². The lowest BCUT2D eigenvalue weighted by molar-refractivity contribution is -0.151. The van der Waals surface area contributed by atoms with Gasteiger partial charge in [-0.25, -0.2) is 4.98 Å². The van der Waals surface area contributed by atoms with Crippen molar-refractivity contribution in [3.8, 4) is 0 Å². The molecule has 16 heavy (non-hydrogen) atoms. The van der Waals surface area contributed by atoms with Crippen LogP contribution in [0, 0.1) is 11.3 Å². The van der Waals surface area contributed by atoms with E-state index in [1.165, 1.54) is 6.33 Å². The first-order valence-corrected chi connectivity index (χ1v) is 5.20. The van der Waals surface area contributed by atoms with E-state index in [2.05, 4.69) is 10.1 Å². The number of hydrogen-bond donors (Lipinski definition) is 2. The lowest BCUT2D eigenvalue weighted by Gasteiger charge is -2.31. The molecule has 1 atom stereocenters. The van der Waals surface area contributed by atoms with Crippen LogP contribution in [0.3, 0.4) is 0 Å². The fourth-order valence-corrected chi connectivity index (χ4v) is 1.68. The van der Waals surface area contributed by atoms with Crippen molar-refractivity contribution in [2.24, 2.45) is 24.1 Å². The van der Waals surface area contributed by atoms with Gasteiger partial charge in [0.15, 0.2) is 0 Å². The lowest BCUT2D eigenvalue weighted by atomic mass is 9.74. The molecule has 1 unspecified atom stereocenters. The van der Waals surface area contributed by atoms with E-state index in [0.29, 0.717) is 12.2 Å². The van der Waals surface area contributed by atoms with Gasteiger partial charge in [-0.15, -0.1) is 0 Å². The van der Waals surface area contributed by atoms with Crippen LogP contribution in [0.4, 0.5) is 0 Å². The van der Waals surface area contributed by atoms with Gasteiger partial charge in [0.2, 0.25) is 0 Å². The number of nitrogens with zero attached hydrogens (tertiary/aromatic N) is 3. The zero-order chi connectivity index (χ0) is 12.3. The average Bonchev–Trinajstić information content (AvgIpc) is 2.59. The van der Waals surface area contributed by atoms with Gasteiger partial charge in [0, 0.05) is 20.0 Å². The molecule has 0 amide bonds. The molecule has 0 spiro atoms. The molecule has 0 fully saturated rings. The predicted octanol–water partition coefficient (Wildman–Crippen LogP) is 0.0433. The maximum Gasteiger partial charge on any atom is 0.311 e. The minimum Gasteiger partial charge on any atom is -0.481 e. The van der Waals surface area contributed by atoms with Crippen molar-refractivity contribution in [1.82, 2.24) is 14.8 Å². The van der Waals surface area contributed by atoms with Crippen LogP contribution in [0.1, 0.15) is 19.7 Å². The number of carboxylic acid groups (broad SMARTS) is 1. The van der Waals surface area contributed by atoms with E-state index in [0.717, 1.165) is 0 Å². The second-order valence-corrected chi connectivity index (χ2v) is 4.30. The largest absolute Gasteiger partial charge is 0.481 e. The van der Waals surface area contributed by atoms with Gasteiger partial charge in [-0.05, 0) is 5.92 Å². The molecule has 0 aromatic carbocycles. The van der Waals surface area contributed by atoms with E-state index in [9.17, 15) is 9.90 Å². The summed E-state index contributed by atoms with van der Waals surface area (Å²) in [6.07, 6.45) is 1.71. The van der Waals surface area contributed by atoms with Crippen LogP contribution in [0.15, 0.2) is 6.33 Å². The fourth-order valence-electron chi connectivity index (χ4n) is 1.68. The van der Waals surface area contributed by atoms with Crippen molar-refractivity contribution in [2.45, 2.75) is 20.3 Å².